The highest BCUT2D eigenvalue weighted by Crippen LogP contribution is 2.28. The van der Waals surface area contributed by atoms with Gasteiger partial charge in [-0.1, -0.05) is 30.9 Å². The highest BCUT2D eigenvalue weighted by Gasteiger charge is 2.22. The summed E-state index contributed by atoms with van der Waals surface area (Å²) in [7, 11) is 0. The first kappa shape index (κ1) is 12.1. The Bertz CT molecular complexity index is 470. The predicted octanol–water partition coefficient (Wildman–Crippen LogP) is 3.97. The fraction of sp³-hybridized carbons (Fsp3) is 0.429. The molecule has 0 bridgehead atoms. The minimum absolute atomic E-state index is 0.136. The van der Waals surface area contributed by atoms with E-state index in [0.717, 1.165) is 25.7 Å². The molecule has 1 fully saturated rings. The fourth-order valence-corrected chi connectivity index (χ4v) is 2.52. The van der Waals surface area contributed by atoms with Crippen LogP contribution < -0.4 is 0 Å². The molecule has 1 aliphatic carbocycles. The zero-order chi connectivity index (χ0) is 12.3. The zero-order valence-corrected chi connectivity index (χ0v) is 10.3. The molecule has 0 saturated heterocycles. The first-order chi connectivity index (χ1) is 8.22. The summed E-state index contributed by atoms with van der Waals surface area (Å²) in [5, 5.41) is 9.30. The molecule has 2 rings (SSSR count). The van der Waals surface area contributed by atoms with E-state index in [2.05, 4.69) is 0 Å². The molecule has 1 aromatic carbocycles. The van der Waals surface area contributed by atoms with Crippen LogP contribution in [0.2, 0.25) is 5.02 Å². The topological polar surface area (TPSA) is 40.9 Å². The van der Waals surface area contributed by atoms with E-state index in [0.29, 0.717) is 16.1 Å². The van der Waals surface area contributed by atoms with Crippen LogP contribution in [0.5, 0.6) is 0 Å². The maximum atomic E-state index is 12.2. The number of halogens is 1. The van der Waals surface area contributed by atoms with E-state index < -0.39 is 0 Å². The Hall–Kier alpha value is -1.33. The van der Waals surface area contributed by atoms with Crippen molar-refractivity contribution in [2.45, 2.75) is 32.1 Å². The summed E-state index contributed by atoms with van der Waals surface area (Å²) in [5.74, 6) is 0.300. The van der Waals surface area contributed by atoms with E-state index in [9.17, 15) is 4.79 Å². The predicted molar refractivity (Wildman–Crippen MR) is 67.1 cm³/mol. The van der Waals surface area contributed by atoms with Gasteiger partial charge in [0.25, 0.3) is 0 Å². The van der Waals surface area contributed by atoms with Crippen LogP contribution >= 0.6 is 11.6 Å². The van der Waals surface area contributed by atoms with Crippen LogP contribution in [-0.2, 0) is 0 Å². The minimum Gasteiger partial charge on any atom is -0.294 e. The Morgan fingerprint density at radius 2 is 2.00 bits per heavy atom. The van der Waals surface area contributed by atoms with Crippen LogP contribution in [0.3, 0.4) is 0 Å². The number of benzene rings is 1. The SMILES string of the molecule is N#Cc1cc(C(=O)C2CCCCC2)ccc1Cl. The molecular formula is C14H14ClNO. The molecule has 3 heteroatoms. The van der Waals surface area contributed by atoms with Gasteiger partial charge in [0, 0.05) is 11.5 Å². The van der Waals surface area contributed by atoms with Crippen LogP contribution in [0.4, 0.5) is 0 Å². The van der Waals surface area contributed by atoms with Crippen LogP contribution in [0.25, 0.3) is 0 Å². The molecule has 0 spiro atoms. The summed E-state index contributed by atoms with van der Waals surface area (Å²) in [6.07, 6.45) is 5.45. The second kappa shape index (κ2) is 5.33. The smallest absolute Gasteiger partial charge is 0.165 e. The van der Waals surface area contributed by atoms with Crippen LogP contribution in [0, 0.1) is 17.2 Å². The van der Waals surface area contributed by atoms with Crippen molar-refractivity contribution >= 4 is 17.4 Å². The molecule has 2 nitrogen and oxygen atoms in total. The lowest BCUT2D eigenvalue weighted by Gasteiger charge is -2.20. The first-order valence-corrected chi connectivity index (χ1v) is 6.34. The number of carbonyl (C=O) groups excluding carboxylic acids is 1. The van der Waals surface area contributed by atoms with Gasteiger partial charge in [0.2, 0.25) is 0 Å². The van der Waals surface area contributed by atoms with Crippen molar-refractivity contribution in [2.75, 3.05) is 0 Å². The third-order valence-electron chi connectivity index (χ3n) is 3.35. The lowest BCUT2D eigenvalue weighted by atomic mass is 9.83. The third kappa shape index (κ3) is 2.68. The lowest BCUT2D eigenvalue weighted by Crippen LogP contribution is -2.17. The molecule has 0 atom stereocenters. The van der Waals surface area contributed by atoms with E-state index in [1.165, 1.54) is 6.42 Å². The van der Waals surface area contributed by atoms with Crippen molar-refractivity contribution in [1.82, 2.24) is 0 Å². The molecule has 0 heterocycles. The second-order valence-corrected chi connectivity index (χ2v) is 4.91. The number of carbonyl (C=O) groups is 1. The molecule has 1 aromatic rings. The largest absolute Gasteiger partial charge is 0.294 e. The number of nitriles is 1. The summed E-state index contributed by atoms with van der Waals surface area (Å²) >= 11 is 5.85. The average Bonchev–Trinajstić information content (AvgIpc) is 2.39. The first-order valence-electron chi connectivity index (χ1n) is 5.96. The van der Waals surface area contributed by atoms with E-state index in [-0.39, 0.29) is 11.7 Å². The summed E-state index contributed by atoms with van der Waals surface area (Å²) < 4.78 is 0. The van der Waals surface area contributed by atoms with Crippen molar-refractivity contribution in [2.24, 2.45) is 5.92 Å². The van der Waals surface area contributed by atoms with Crippen molar-refractivity contribution in [3.8, 4) is 6.07 Å². The van der Waals surface area contributed by atoms with Crippen molar-refractivity contribution in [3.05, 3.63) is 34.3 Å². The molecule has 0 amide bonds. The zero-order valence-electron chi connectivity index (χ0n) is 9.58. The number of Topliss-reactive ketones (excluding diaryl/α,β-unsaturated/α-hetero) is 1. The van der Waals surface area contributed by atoms with Gasteiger partial charge in [-0.3, -0.25) is 4.79 Å². The molecule has 0 N–H and O–H groups in total. The van der Waals surface area contributed by atoms with E-state index in [1.807, 2.05) is 6.07 Å². The van der Waals surface area contributed by atoms with Gasteiger partial charge in [-0.25, -0.2) is 0 Å². The Labute approximate surface area is 106 Å². The van der Waals surface area contributed by atoms with Gasteiger partial charge in [0.05, 0.1) is 10.6 Å². The van der Waals surface area contributed by atoms with Crippen LogP contribution in [0.15, 0.2) is 18.2 Å². The summed E-state index contributed by atoms with van der Waals surface area (Å²) in [5.41, 5.74) is 1.01. The van der Waals surface area contributed by atoms with Gasteiger partial charge in [-0.05, 0) is 31.0 Å². The van der Waals surface area contributed by atoms with Gasteiger partial charge >= 0.3 is 0 Å². The molecule has 0 aromatic heterocycles. The fourth-order valence-electron chi connectivity index (χ4n) is 2.36. The Balaban J connectivity index is 2.22. The Kier molecular flexibility index (Phi) is 3.81. The van der Waals surface area contributed by atoms with Crippen molar-refractivity contribution < 1.29 is 4.79 Å². The maximum absolute atomic E-state index is 12.2. The minimum atomic E-state index is 0.136. The third-order valence-corrected chi connectivity index (χ3v) is 3.68. The van der Waals surface area contributed by atoms with Gasteiger partial charge < -0.3 is 0 Å². The van der Waals surface area contributed by atoms with Crippen molar-refractivity contribution in [1.29, 1.82) is 5.26 Å². The van der Waals surface area contributed by atoms with E-state index in [1.54, 1.807) is 18.2 Å². The molecule has 1 aliphatic rings. The van der Waals surface area contributed by atoms with Gasteiger partial charge in [-0.2, -0.15) is 5.26 Å². The Morgan fingerprint density at radius 1 is 1.29 bits per heavy atom. The van der Waals surface area contributed by atoms with Crippen molar-refractivity contribution in [3.63, 3.8) is 0 Å². The monoisotopic (exact) mass is 247 g/mol. The van der Waals surface area contributed by atoms with Gasteiger partial charge in [0.15, 0.2) is 5.78 Å². The molecule has 0 aliphatic heterocycles. The molecule has 1 saturated carbocycles. The summed E-state index contributed by atoms with van der Waals surface area (Å²) in [6, 6.07) is 6.98. The normalized spacial score (nSPS) is 16.5. The molecule has 88 valence electrons. The molecule has 0 radical (unpaired) electrons. The highest BCUT2D eigenvalue weighted by molar-refractivity contribution is 6.31. The maximum Gasteiger partial charge on any atom is 0.165 e. The quantitative estimate of drug-likeness (QED) is 0.742. The number of ketones is 1. The van der Waals surface area contributed by atoms with Gasteiger partial charge in [-0.15, -0.1) is 0 Å². The number of rotatable bonds is 2. The number of hydrogen-bond donors (Lipinski definition) is 0. The highest BCUT2D eigenvalue weighted by atomic mass is 35.5. The number of hydrogen-bond acceptors (Lipinski definition) is 2. The van der Waals surface area contributed by atoms with E-state index in [4.69, 9.17) is 16.9 Å². The van der Waals surface area contributed by atoms with Crippen LogP contribution in [-0.4, -0.2) is 5.78 Å². The van der Waals surface area contributed by atoms with E-state index >= 15 is 0 Å². The molecule has 17 heavy (non-hydrogen) atoms. The van der Waals surface area contributed by atoms with Crippen LogP contribution in [0.1, 0.15) is 48.0 Å². The second-order valence-electron chi connectivity index (χ2n) is 4.51. The summed E-state index contributed by atoms with van der Waals surface area (Å²) in [4.78, 5) is 12.2. The lowest BCUT2D eigenvalue weighted by molar-refractivity contribution is 0.0889. The molecular weight excluding hydrogens is 234 g/mol. The Morgan fingerprint density at radius 3 is 2.65 bits per heavy atom. The average molecular weight is 248 g/mol. The molecule has 0 unspecified atom stereocenters. The standard InChI is InChI=1S/C14H14ClNO/c15-13-7-6-11(8-12(13)9-16)14(17)10-4-2-1-3-5-10/h6-8,10H,1-5H2. The number of nitrogens with zero attached hydrogens (tertiary/aromatic N) is 1. The van der Waals surface area contributed by atoms with Gasteiger partial charge in [0.1, 0.15) is 6.07 Å². The summed E-state index contributed by atoms with van der Waals surface area (Å²) in [6.45, 7) is 0.